The maximum Gasteiger partial charge on any atom is 0.186 e. The fourth-order valence-corrected chi connectivity index (χ4v) is 2.47. The van der Waals surface area contributed by atoms with E-state index in [0.717, 1.165) is 24.5 Å². The molecule has 1 saturated heterocycles. The Morgan fingerprint density at radius 3 is 3.27 bits per heavy atom. The van der Waals surface area contributed by atoms with Gasteiger partial charge in [0, 0.05) is 25.7 Å². The summed E-state index contributed by atoms with van der Waals surface area (Å²) < 4.78 is 0. The van der Waals surface area contributed by atoms with Crippen LogP contribution in [-0.4, -0.2) is 42.9 Å². The second-order valence-corrected chi connectivity index (χ2v) is 4.87. The predicted octanol–water partition coefficient (Wildman–Crippen LogP) is 1.22. The number of nitrogens with zero attached hydrogens (tertiary/aromatic N) is 1. The predicted molar refractivity (Wildman–Crippen MR) is 62.6 cm³/mol. The molecule has 1 N–H and O–H groups in total. The fourth-order valence-electron chi connectivity index (χ4n) is 1.82. The van der Waals surface area contributed by atoms with Gasteiger partial charge in [-0.2, -0.15) is 0 Å². The van der Waals surface area contributed by atoms with Gasteiger partial charge in [-0.1, -0.05) is 6.07 Å². The number of Topliss-reactive ketones (excluding diaryl/α,β-unsaturated/α-hetero) is 1. The van der Waals surface area contributed by atoms with Crippen LogP contribution in [-0.2, 0) is 0 Å². The van der Waals surface area contributed by atoms with Gasteiger partial charge in [-0.25, -0.2) is 0 Å². The molecule has 0 unspecified atom stereocenters. The standard InChI is InChI=1S/C11H16N2OS/c1-9-7-12-4-5-13(9)8-10(14)11-3-2-6-15-11/h2-3,6,9,12H,4-5,7-8H2,1H3/t9-/m0/s1. The average molecular weight is 224 g/mol. The van der Waals surface area contributed by atoms with Gasteiger partial charge in [0.1, 0.15) is 0 Å². The van der Waals surface area contributed by atoms with Crippen molar-refractivity contribution in [2.45, 2.75) is 13.0 Å². The third-order valence-corrected chi connectivity index (χ3v) is 3.69. The molecule has 1 fully saturated rings. The minimum Gasteiger partial charge on any atom is -0.314 e. The molecule has 1 aliphatic heterocycles. The zero-order chi connectivity index (χ0) is 10.7. The molecule has 1 aromatic heterocycles. The lowest BCUT2D eigenvalue weighted by molar-refractivity contribution is 0.0879. The number of thiophene rings is 1. The summed E-state index contributed by atoms with van der Waals surface area (Å²) in [4.78, 5) is 15.0. The van der Waals surface area contributed by atoms with Crippen molar-refractivity contribution in [3.63, 3.8) is 0 Å². The molecule has 1 aliphatic rings. The Morgan fingerprint density at radius 2 is 2.60 bits per heavy atom. The summed E-state index contributed by atoms with van der Waals surface area (Å²) in [5, 5.41) is 5.27. The Morgan fingerprint density at radius 1 is 1.73 bits per heavy atom. The van der Waals surface area contributed by atoms with Crippen LogP contribution in [0.25, 0.3) is 0 Å². The number of hydrogen-bond acceptors (Lipinski definition) is 4. The number of carbonyl (C=O) groups is 1. The lowest BCUT2D eigenvalue weighted by Crippen LogP contribution is -2.51. The first-order valence-corrected chi connectivity index (χ1v) is 6.17. The van der Waals surface area contributed by atoms with E-state index in [1.165, 1.54) is 11.3 Å². The van der Waals surface area contributed by atoms with E-state index < -0.39 is 0 Å². The molecule has 3 nitrogen and oxygen atoms in total. The summed E-state index contributed by atoms with van der Waals surface area (Å²) in [6.07, 6.45) is 0. The van der Waals surface area contributed by atoms with Crippen molar-refractivity contribution in [1.82, 2.24) is 10.2 Å². The summed E-state index contributed by atoms with van der Waals surface area (Å²) in [6, 6.07) is 4.29. The van der Waals surface area contributed by atoms with E-state index in [0.29, 0.717) is 12.6 Å². The van der Waals surface area contributed by atoms with Crippen LogP contribution in [0.1, 0.15) is 16.6 Å². The van der Waals surface area contributed by atoms with Gasteiger partial charge in [0.2, 0.25) is 0 Å². The normalized spacial score (nSPS) is 22.9. The Bertz CT molecular complexity index is 323. The van der Waals surface area contributed by atoms with E-state index in [1.807, 2.05) is 17.5 Å². The number of nitrogens with one attached hydrogen (secondary N) is 1. The number of ketones is 1. The van der Waals surface area contributed by atoms with Crippen molar-refractivity contribution >= 4 is 17.1 Å². The molecule has 15 heavy (non-hydrogen) atoms. The molecule has 2 rings (SSSR count). The molecular weight excluding hydrogens is 208 g/mol. The summed E-state index contributed by atoms with van der Waals surface area (Å²) in [5.41, 5.74) is 0. The highest BCUT2D eigenvalue weighted by Crippen LogP contribution is 2.11. The van der Waals surface area contributed by atoms with Crippen molar-refractivity contribution in [3.8, 4) is 0 Å². The smallest absolute Gasteiger partial charge is 0.186 e. The van der Waals surface area contributed by atoms with Crippen molar-refractivity contribution < 1.29 is 4.79 Å². The van der Waals surface area contributed by atoms with Crippen LogP contribution in [0.5, 0.6) is 0 Å². The number of hydrogen-bond donors (Lipinski definition) is 1. The molecule has 0 bridgehead atoms. The second-order valence-electron chi connectivity index (χ2n) is 3.92. The first kappa shape index (κ1) is 10.8. The molecule has 0 aromatic carbocycles. The van der Waals surface area contributed by atoms with Crippen molar-refractivity contribution in [2.24, 2.45) is 0 Å². The Hall–Kier alpha value is -0.710. The molecule has 4 heteroatoms. The number of piperazine rings is 1. The Kier molecular flexibility index (Phi) is 3.51. The van der Waals surface area contributed by atoms with Gasteiger partial charge < -0.3 is 5.32 Å². The Labute approximate surface area is 94.1 Å². The van der Waals surface area contributed by atoms with Crippen LogP contribution < -0.4 is 5.32 Å². The molecule has 0 spiro atoms. The first-order valence-electron chi connectivity index (χ1n) is 5.29. The summed E-state index contributed by atoms with van der Waals surface area (Å²) >= 11 is 1.53. The molecule has 0 saturated carbocycles. The summed E-state index contributed by atoms with van der Waals surface area (Å²) in [5.74, 6) is 0.249. The summed E-state index contributed by atoms with van der Waals surface area (Å²) in [6.45, 7) is 5.66. The quantitative estimate of drug-likeness (QED) is 0.784. The number of carbonyl (C=O) groups excluding carboxylic acids is 1. The van der Waals surface area contributed by atoms with Crippen LogP contribution in [0.15, 0.2) is 17.5 Å². The third kappa shape index (κ3) is 2.65. The largest absolute Gasteiger partial charge is 0.314 e. The molecular formula is C11H16N2OS. The zero-order valence-electron chi connectivity index (χ0n) is 8.90. The highest BCUT2D eigenvalue weighted by molar-refractivity contribution is 7.12. The molecule has 0 radical (unpaired) electrons. The van der Waals surface area contributed by atoms with Crippen LogP contribution >= 0.6 is 11.3 Å². The van der Waals surface area contributed by atoms with Gasteiger partial charge in [-0.05, 0) is 18.4 Å². The lowest BCUT2D eigenvalue weighted by atomic mass is 10.2. The van der Waals surface area contributed by atoms with Crippen molar-refractivity contribution in [1.29, 1.82) is 0 Å². The first-order chi connectivity index (χ1) is 7.27. The van der Waals surface area contributed by atoms with Crippen molar-refractivity contribution in [3.05, 3.63) is 22.4 Å². The van der Waals surface area contributed by atoms with E-state index in [1.54, 1.807) is 0 Å². The molecule has 1 aromatic rings. The van der Waals surface area contributed by atoms with Gasteiger partial charge >= 0.3 is 0 Å². The van der Waals surface area contributed by atoms with Crippen molar-refractivity contribution in [2.75, 3.05) is 26.2 Å². The average Bonchev–Trinajstić information content (AvgIpc) is 2.74. The van der Waals surface area contributed by atoms with Gasteiger partial charge in [-0.15, -0.1) is 11.3 Å². The third-order valence-electron chi connectivity index (χ3n) is 2.78. The van der Waals surface area contributed by atoms with Crippen LogP contribution in [0, 0.1) is 0 Å². The second kappa shape index (κ2) is 4.88. The molecule has 0 amide bonds. The highest BCUT2D eigenvalue weighted by Gasteiger charge is 2.20. The van der Waals surface area contributed by atoms with E-state index in [2.05, 4.69) is 17.1 Å². The van der Waals surface area contributed by atoms with Gasteiger partial charge in [-0.3, -0.25) is 9.69 Å². The minimum absolute atomic E-state index is 0.249. The molecule has 0 aliphatic carbocycles. The number of rotatable bonds is 3. The molecule has 1 atom stereocenters. The zero-order valence-corrected chi connectivity index (χ0v) is 9.72. The Balaban J connectivity index is 1.93. The van der Waals surface area contributed by atoms with Gasteiger partial charge in [0.05, 0.1) is 11.4 Å². The van der Waals surface area contributed by atoms with Gasteiger partial charge in [0.25, 0.3) is 0 Å². The van der Waals surface area contributed by atoms with Crippen LogP contribution in [0.3, 0.4) is 0 Å². The van der Waals surface area contributed by atoms with Crippen LogP contribution in [0.4, 0.5) is 0 Å². The maximum atomic E-state index is 11.9. The minimum atomic E-state index is 0.249. The SMILES string of the molecule is C[C@H]1CNCCN1CC(=O)c1cccs1. The topological polar surface area (TPSA) is 32.3 Å². The monoisotopic (exact) mass is 224 g/mol. The fraction of sp³-hybridized carbons (Fsp3) is 0.545. The maximum absolute atomic E-state index is 11.9. The van der Waals surface area contributed by atoms with Gasteiger partial charge in [0.15, 0.2) is 5.78 Å². The van der Waals surface area contributed by atoms with E-state index in [-0.39, 0.29) is 5.78 Å². The lowest BCUT2D eigenvalue weighted by Gasteiger charge is -2.33. The molecule has 2 heterocycles. The van der Waals surface area contributed by atoms with Crippen LogP contribution in [0.2, 0.25) is 0 Å². The van der Waals surface area contributed by atoms with E-state index >= 15 is 0 Å². The highest BCUT2D eigenvalue weighted by atomic mass is 32.1. The summed E-state index contributed by atoms with van der Waals surface area (Å²) in [7, 11) is 0. The van der Waals surface area contributed by atoms with E-state index in [9.17, 15) is 4.79 Å². The molecule has 82 valence electrons. The van der Waals surface area contributed by atoms with E-state index in [4.69, 9.17) is 0 Å².